The summed E-state index contributed by atoms with van der Waals surface area (Å²) < 4.78 is 22.8. The van der Waals surface area contributed by atoms with E-state index >= 15 is 0 Å². The molecule has 0 aromatic heterocycles. The van der Waals surface area contributed by atoms with Gasteiger partial charge in [-0.3, -0.25) is 0 Å². The van der Waals surface area contributed by atoms with E-state index in [9.17, 15) is 8.42 Å². The van der Waals surface area contributed by atoms with Crippen LogP contribution in [0.5, 0.6) is 0 Å². The second-order valence-corrected chi connectivity index (χ2v) is 5.83. The van der Waals surface area contributed by atoms with E-state index in [1.54, 1.807) is 0 Å². The van der Waals surface area contributed by atoms with E-state index in [0.29, 0.717) is 0 Å². The summed E-state index contributed by atoms with van der Waals surface area (Å²) in [6.45, 7) is 1.97. The van der Waals surface area contributed by atoms with Crippen molar-refractivity contribution >= 4 is 21.4 Å². The molecule has 78 valence electrons. The Balaban J connectivity index is 2.74. The Morgan fingerprint density at radius 3 is 2.29 bits per heavy atom. The normalized spacial score (nSPS) is 11.6. The molecule has 0 bridgehead atoms. The Kier molecular flexibility index (Phi) is 3.96. The molecular formula is C10H13ClO2S. The lowest BCUT2D eigenvalue weighted by atomic mass is 10.2. The molecule has 0 fully saturated rings. The van der Waals surface area contributed by atoms with Crippen molar-refractivity contribution in [2.24, 2.45) is 0 Å². The van der Waals surface area contributed by atoms with Crippen LogP contribution in [0.3, 0.4) is 0 Å². The third-order valence-electron chi connectivity index (χ3n) is 1.90. The second kappa shape index (κ2) is 4.80. The number of rotatable bonds is 4. The van der Waals surface area contributed by atoms with Gasteiger partial charge in [-0.05, 0) is 12.5 Å². The van der Waals surface area contributed by atoms with E-state index in [-0.39, 0.29) is 17.4 Å². The van der Waals surface area contributed by atoms with Crippen LogP contribution >= 0.6 is 11.6 Å². The van der Waals surface area contributed by atoms with Gasteiger partial charge in [0.1, 0.15) is 0 Å². The zero-order valence-corrected chi connectivity index (χ0v) is 9.61. The number of hydrogen-bond donors (Lipinski definition) is 0. The zero-order valence-electron chi connectivity index (χ0n) is 8.03. The van der Waals surface area contributed by atoms with Crippen LogP contribution in [0.15, 0.2) is 24.3 Å². The highest BCUT2D eigenvalue weighted by Crippen LogP contribution is 2.08. The molecule has 0 unspecified atom stereocenters. The highest BCUT2D eigenvalue weighted by molar-refractivity contribution is 7.90. The summed E-state index contributed by atoms with van der Waals surface area (Å²) >= 11 is 5.40. The van der Waals surface area contributed by atoms with E-state index in [1.807, 2.05) is 31.2 Å². The highest BCUT2D eigenvalue weighted by atomic mass is 35.5. The minimum absolute atomic E-state index is 0.0441. The van der Waals surface area contributed by atoms with Crippen LogP contribution in [-0.4, -0.2) is 20.1 Å². The zero-order chi connectivity index (χ0) is 10.6. The smallest absolute Gasteiger partial charge is 0.155 e. The van der Waals surface area contributed by atoms with Crippen LogP contribution in [0, 0.1) is 6.92 Å². The molecule has 0 saturated carbocycles. The molecule has 0 amide bonds. The number of sulfone groups is 1. The minimum Gasteiger partial charge on any atom is -0.228 e. The number of aryl methyl sites for hydroxylation is 1. The SMILES string of the molecule is Cc1ccc(CS(=O)(=O)CCCl)cc1. The number of hydrogen-bond acceptors (Lipinski definition) is 2. The fourth-order valence-electron chi connectivity index (χ4n) is 1.13. The lowest BCUT2D eigenvalue weighted by Crippen LogP contribution is -2.10. The molecule has 14 heavy (non-hydrogen) atoms. The molecule has 4 heteroatoms. The van der Waals surface area contributed by atoms with Gasteiger partial charge < -0.3 is 0 Å². The molecule has 0 aliphatic rings. The van der Waals surface area contributed by atoms with Crippen LogP contribution in [0.2, 0.25) is 0 Å². The van der Waals surface area contributed by atoms with Gasteiger partial charge in [0.2, 0.25) is 0 Å². The average molecular weight is 233 g/mol. The average Bonchev–Trinajstić information content (AvgIpc) is 2.08. The lowest BCUT2D eigenvalue weighted by molar-refractivity contribution is 0.596. The van der Waals surface area contributed by atoms with Crippen molar-refractivity contribution in [2.45, 2.75) is 12.7 Å². The molecule has 0 atom stereocenters. The molecule has 2 nitrogen and oxygen atoms in total. The second-order valence-electron chi connectivity index (χ2n) is 3.27. The summed E-state index contributed by atoms with van der Waals surface area (Å²) in [4.78, 5) is 0. The molecule has 1 aromatic carbocycles. The Bertz CT molecular complexity index is 381. The fraction of sp³-hybridized carbons (Fsp3) is 0.400. The third-order valence-corrected chi connectivity index (χ3v) is 3.91. The van der Waals surface area contributed by atoms with Crippen molar-refractivity contribution < 1.29 is 8.42 Å². The molecule has 0 spiro atoms. The van der Waals surface area contributed by atoms with Gasteiger partial charge >= 0.3 is 0 Å². The first-order valence-corrected chi connectivity index (χ1v) is 6.71. The highest BCUT2D eigenvalue weighted by Gasteiger charge is 2.10. The summed E-state index contributed by atoms with van der Waals surface area (Å²) in [5.74, 6) is 0.288. The topological polar surface area (TPSA) is 34.1 Å². The number of alkyl halides is 1. The fourth-order valence-corrected chi connectivity index (χ4v) is 2.91. The molecule has 0 aliphatic carbocycles. The first-order chi connectivity index (χ1) is 6.53. The molecule has 0 saturated heterocycles. The van der Waals surface area contributed by atoms with Crippen molar-refractivity contribution in [1.29, 1.82) is 0 Å². The van der Waals surface area contributed by atoms with Crippen LogP contribution in [0.4, 0.5) is 0 Å². The van der Waals surface area contributed by atoms with Crippen molar-refractivity contribution in [3.05, 3.63) is 35.4 Å². The largest absolute Gasteiger partial charge is 0.228 e. The van der Waals surface area contributed by atoms with Gasteiger partial charge in [0.25, 0.3) is 0 Å². The Hall–Kier alpha value is -0.540. The lowest BCUT2D eigenvalue weighted by Gasteiger charge is -2.02. The van der Waals surface area contributed by atoms with Gasteiger partial charge in [0, 0.05) is 5.88 Å². The first-order valence-electron chi connectivity index (χ1n) is 4.35. The van der Waals surface area contributed by atoms with Crippen LogP contribution in [0.25, 0.3) is 0 Å². The molecule has 0 heterocycles. The summed E-state index contributed by atoms with van der Waals surface area (Å²) in [6.07, 6.45) is 0. The maximum atomic E-state index is 11.4. The van der Waals surface area contributed by atoms with E-state index in [0.717, 1.165) is 11.1 Å². The Labute approximate surface area is 89.8 Å². The van der Waals surface area contributed by atoms with Crippen molar-refractivity contribution in [1.82, 2.24) is 0 Å². The molecule has 0 N–H and O–H groups in total. The quantitative estimate of drug-likeness (QED) is 0.746. The van der Waals surface area contributed by atoms with Crippen LogP contribution in [0.1, 0.15) is 11.1 Å². The number of benzene rings is 1. The Morgan fingerprint density at radius 1 is 1.21 bits per heavy atom. The van der Waals surface area contributed by atoms with Crippen LogP contribution < -0.4 is 0 Å². The first kappa shape index (κ1) is 11.5. The molecule has 0 aliphatic heterocycles. The van der Waals surface area contributed by atoms with E-state index in [2.05, 4.69) is 0 Å². The van der Waals surface area contributed by atoms with E-state index in [1.165, 1.54) is 0 Å². The Morgan fingerprint density at radius 2 is 1.79 bits per heavy atom. The molecule has 0 radical (unpaired) electrons. The maximum Gasteiger partial charge on any atom is 0.155 e. The monoisotopic (exact) mass is 232 g/mol. The third kappa shape index (κ3) is 3.68. The summed E-state index contributed by atoms with van der Waals surface area (Å²) in [5.41, 5.74) is 1.95. The van der Waals surface area contributed by atoms with Crippen molar-refractivity contribution in [3.8, 4) is 0 Å². The van der Waals surface area contributed by atoms with E-state index < -0.39 is 9.84 Å². The van der Waals surface area contributed by atoms with Crippen molar-refractivity contribution in [2.75, 3.05) is 11.6 Å². The van der Waals surface area contributed by atoms with Gasteiger partial charge in [0.15, 0.2) is 9.84 Å². The predicted octanol–water partition coefficient (Wildman–Crippen LogP) is 2.15. The van der Waals surface area contributed by atoms with Gasteiger partial charge in [-0.1, -0.05) is 29.8 Å². The van der Waals surface area contributed by atoms with Gasteiger partial charge in [-0.2, -0.15) is 0 Å². The summed E-state index contributed by atoms with van der Waals surface area (Å²) in [6, 6.07) is 7.49. The predicted molar refractivity (Wildman–Crippen MR) is 59.4 cm³/mol. The van der Waals surface area contributed by atoms with Gasteiger partial charge in [-0.15, -0.1) is 11.6 Å². The molecule has 1 aromatic rings. The number of halogens is 1. The van der Waals surface area contributed by atoms with E-state index in [4.69, 9.17) is 11.6 Å². The summed E-state index contributed by atoms with van der Waals surface area (Å²) in [5, 5.41) is 0. The molecular weight excluding hydrogens is 220 g/mol. The van der Waals surface area contributed by atoms with Gasteiger partial charge in [-0.25, -0.2) is 8.42 Å². The summed E-state index contributed by atoms with van der Waals surface area (Å²) in [7, 11) is -3.03. The maximum absolute atomic E-state index is 11.4. The standard InChI is InChI=1S/C10H13ClO2S/c1-9-2-4-10(5-3-9)8-14(12,13)7-6-11/h2-5H,6-8H2,1H3. The van der Waals surface area contributed by atoms with Gasteiger partial charge in [0.05, 0.1) is 11.5 Å². The van der Waals surface area contributed by atoms with Crippen LogP contribution in [-0.2, 0) is 15.6 Å². The minimum atomic E-state index is -3.03. The van der Waals surface area contributed by atoms with Crippen molar-refractivity contribution in [3.63, 3.8) is 0 Å². The molecule has 1 rings (SSSR count).